The zero-order valence-electron chi connectivity index (χ0n) is 12.8. The van der Waals surface area contributed by atoms with E-state index in [0.29, 0.717) is 6.61 Å². The molecule has 1 aromatic heterocycles. The lowest BCUT2D eigenvalue weighted by molar-refractivity contribution is -0.125. The minimum absolute atomic E-state index is 0.0401. The summed E-state index contributed by atoms with van der Waals surface area (Å²) in [6.07, 6.45) is 4.48. The van der Waals surface area contributed by atoms with E-state index in [2.05, 4.69) is 5.32 Å². The molecule has 3 rings (SSSR count). The first-order valence-electron chi connectivity index (χ1n) is 7.75. The molecule has 2 aliphatic heterocycles. The van der Waals surface area contributed by atoms with Crippen molar-refractivity contribution in [1.82, 2.24) is 9.88 Å². The van der Waals surface area contributed by atoms with Crippen molar-refractivity contribution in [3.05, 3.63) is 34.2 Å². The lowest BCUT2D eigenvalue weighted by Crippen LogP contribution is -2.49. The number of hydrogen-bond acceptors (Lipinski definition) is 4. The number of rotatable bonds is 3. The Morgan fingerprint density at radius 2 is 2.45 bits per heavy atom. The number of nitrogens with zero attached hydrogens (tertiary/aromatic N) is 1. The van der Waals surface area contributed by atoms with E-state index in [0.717, 1.165) is 36.3 Å². The topological polar surface area (TPSA) is 60.3 Å². The van der Waals surface area contributed by atoms with Crippen molar-refractivity contribution in [2.75, 3.05) is 18.1 Å². The molecule has 1 aromatic rings. The van der Waals surface area contributed by atoms with Crippen LogP contribution in [0.25, 0.3) is 0 Å². The molecule has 5 nitrogen and oxygen atoms in total. The van der Waals surface area contributed by atoms with Gasteiger partial charge in [-0.2, -0.15) is 11.8 Å². The maximum atomic E-state index is 12.2. The second-order valence-corrected chi connectivity index (χ2v) is 7.37. The van der Waals surface area contributed by atoms with Crippen LogP contribution < -0.4 is 10.9 Å². The summed E-state index contributed by atoms with van der Waals surface area (Å²) in [6.45, 7) is 2.65. The van der Waals surface area contributed by atoms with Gasteiger partial charge in [0.1, 0.15) is 6.54 Å². The van der Waals surface area contributed by atoms with Gasteiger partial charge in [0.05, 0.1) is 5.60 Å². The first kappa shape index (κ1) is 15.6. The number of hydrogen-bond donors (Lipinski definition) is 1. The Balaban J connectivity index is 1.58. The molecule has 0 saturated carbocycles. The number of thioether (sulfide) groups is 1. The highest BCUT2D eigenvalue weighted by Gasteiger charge is 2.40. The predicted molar refractivity (Wildman–Crippen MR) is 87.2 cm³/mol. The van der Waals surface area contributed by atoms with E-state index < -0.39 is 0 Å². The molecule has 0 aromatic carbocycles. The highest BCUT2D eigenvalue weighted by Crippen LogP contribution is 2.38. The highest BCUT2D eigenvalue weighted by atomic mass is 32.2. The summed E-state index contributed by atoms with van der Waals surface area (Å²) in [5.74, 6) is 2.06. The van der Waals surface area contributed by atoms with Gasteiger partial charge in [0.15, 0.2) is 0 Å². The van der Waals surface area contributed by atoms with E-state index in [1.165, 1.54) is 4.57 Å². The Morgan fingerprint density at radius 1 is 1.59 bits per heavy atom. The summed E-state index contributed by atoms with van der Waals surface area (Å²) in [6, 6.07) is 3.54. The molecule has 6 heteroatoms. The highest BCUT2D eigenvalue weighted by molar-refractivity contribution is 7.99. The fourth-order valence-electron chi connectivity index (χ4n) is 3.18. The number of aryl methyl sites for hydroxylation is 1. The fourth-order valence-corrected chi connectivity index (χ4v) is 4.56. The van der Waals surface area contributed by atoms with Crippen LogP contribution in [0.1, 0.15) is 24.8 Å². The summed E-state index contributed by atoms with van der Waals surface area (Å²) >= 11 is 1.92. The molecule has 0 bridgehead atoms. The van der Waals surface area contributed by atoms with Crippen LogP contribution in [0.3, 0.4) is 0 Å². The Morgan fingerprint density at radius 3 is 3.18 bits per heavy atom. The van der Waals surface area contributed by atoms with Gasteiger partial charge in [0.25, 0.3) is 5.56 Å². The van der Waals surface area contributed by atoms with Crippen LogP contribution in [0.2, 0.25) is 0 Å². The molecule has 1 N–H and O–H groups in total. The predicted octanol–water partition coefficient (Wildman–Crippen LogP) is 1.33. The third-order valence-corrected chi connectivity index (χ3v) is 5.61. The molecule has 2 fully saturated rings. The third kappa shape index (κ3) is 3.55. The van der Waals surface area contributed by atoms with E-state index in [4.69, 9.17) is 4.74 Å². The van der Waals surface area contributed by atoms with Crippen molar-refractivity contribution in [1.29, 1.82) is 0 Å². The number of aromatic nitrogens is 1. The maximum Gasteiger partial charge on any atom is 0.251 e. The van der Waals surface area contributed by atoms with E-state index in [-0.39, 0.29) is 29.7 Å². The Kier molecular flexibility index (Phi) is 4.59. The molecule has 0 unspecified atom stereocenters. The van der Waals surface area contributed by atoms with Crippen LogP contribution in [0.5, 0.6) is 0 Å². The molecular weight excluding hydrogens is 300 g/mol. The van der Waals surface area contributed by atoms with Crippen molar-refractivity contribution in [3.8, 4) is 0 Å². The lowest BCUT2D eigenvalue weighted by Gasteiger charge is -2.38. The van der Waals surface area contributed by atoms with Crippen LogP contribution in [-0.4, -0.2) is 40.2 Å². The molecule has 2 saturated heterocycles. The van der Waals surface area contributed by atoms with E-state index in [1.54, 1.807) is 12.3 Å². The van der Waals surface area contributed by atoms with E-state index in [1.807, 2.05) is 24.8 Å². The summed E-state index contributed by atoms with van der Waals surface area (Å²) < 4.78 is 7.41. The van der Waals surface area contributed by atoms with Crippen LogP contribution in [0.4, 0.5) is 0 Å². The number of nitrogens with one attached hydrogen (secondary N) is 1. The molecule has 3 heterocycles. The van der Waals surface area contributed by atoms with E-state index in [9.17, 15) is 9.59 Å². The third-order valence-electron chi connectivity index (χ3n) is 4.39. The molecule has 2 atom stereocenters. The van der Waals surface area contributed by atoms with Gasteiger partial charge in [-0.15, -0.1) is 0 Å². The molecule has 0 radical (unpaired) electrons. The standard InChI is InChI=1S/C16H22N2O3S/c1-12-2-5-18(15(20)8-12)10-14(19)17-13-3-6-21-16(9-13)4-7-22-11-16/h2,5,8,13H,3-4,6-7,9-11H2,1H3,(H,17,19)/t13-,16-/m1/s1. The number of carbonyl (C=O) groups excluding carboxylic acids is 1. The van der Waals surface area contributed by atoms with Gasteiger partial charge in [-0.25, -0.2) is 0 Å². The second kappa shape index (κ2) is 6.46. The maximum absolute atomic E-state index is 12.2. The van der Waals surface area contributed by atoms with Crippen molar-refractivity contribution >= 4 is 17.7 Å². The quantitative estimate of drug-likeness (QED) is 0.912. The van der Waals surface area contributed by atoms with Gasteiger partial charge in [0.2, 0.25) is 5.91 Å². The van der Waals surface area contributed by atoms with Crippen molar-refractivity contribution in [3.63, 3.8) is 0 Å². The van der Waals surface area contributed by atoms with Gasteiger partial charge >= 0.3 is 0 Å². The second-order valence-electron chi connectivity index (χ2n) is 6.26. The summed E-state index contributed by atoms with van der Waals surface area (Å²) in [5.41, 5.74) is 0.735. The minimum atomic E-state index is -0.134. The zero-order chi connectivity index (χ0) is 15.6. The summed E-state index contributed by atoms with van der Waals surface area (Å²) in [7, 11) is 0. The van der Waals surface area contributed by atoms with Crippen LogP contribution >= 0.6 is 11.8 Å². The molecule has 120 valence electrons. The van der Waals surface area contributed by atoms with Gasteiger partial charge in [-0.05, 0) is 43.6 Å². The lowest BCUT2D eigenvalue weighted by atomic mass is 9.90. The monoisotopic (exact) mass is 322 g/mol. The Hall–Kier alpha value is -1.27. The molecule has 22 heavy (non-hydrogen) atoms. The number of ether oxygens (including phenoxy) is 1. The molecule has 0 aliphatic carbocycles. The van der Waals surface area contributed by atoms with Gasteiger partial charge < -0.3 is 14.6 Å². The van der Waals surface area contributed by atoms with Gasteiger partial charge in [-0.3, -0.25) is 9.59 Å². The Labute approximate surface area is 134 Å². The largest absolute Gasteiger partial charge is 0.374 e. The average Bonchev–Trinajstić information content (AvgIpc) is 2.90. The summed E-state index contributed by atoms with van der Waals surface area (Å²) in [4.78, 5) is 24.0. The van der Waals surface area contributed by atoms with Gasteiger partial charge in [-0.1, -0.05) is 0 Å². The smallest absolute Gasteiger partial charge is 0.251 e. The minimum Gasteiger partial charge on any atom is -0.374 e. The normalized spacial score (nSPS) is 28.0. The first-order chi connectivity index (χ1) is 10.6. The number of amides is 1. The van der Waals surface area contributed by atoms with Crippen LogP contribution in [0, 0.1) is 6.92 Å². The first-order valence-corrected chi connectivity index (χ1v) is 8.90. The molecular formula is C16H22N2O3S. The van der Waals surface area contributed by atoms with Crippen molar-refractivity contribution < 1.29 is 9.53 Å². The number of carbonyl (C=O) groups is 1. The average molecular weight is 322 g/mol. The molecule has 1 spiro atoms. The molecule has 2 aliphatic rings. The number of pyridine rings is 1. The van der Waals surface area contributed by atoms with Gasteiger partial charge in [0, 0.05) is 30.7 Å². The fraction of sp³-hybridized carbons (Fsp3) is 0.625. The van der Waals surface area contributed by atoms with Crippen molar-refractivity contribution in [2.45, 2.75) is 44.4 Å². The zero-order valence-corrected chi connectivity index (χ0v) is 13.7. The Bertz CT molecular complexity index is 608. The molecule has 1 amide bonds. The van der Waals surface area contributed by atoms with Crippen molar-refractivity contribution in [2.24, 2.45) is 0 Å². The SMILES string of the molecule is Cc1ccn(CC(=O)N[C@@H]2CCO[C@]3(CCSC3)C2)c(=O)c1. The van der Waals surface area contributed by atoms with Crippen LogP contribution in [0.15, 0.2) is 23.1 Å². The van der Waals surface area contributed by atoms with Crippen LogP contribution in [-0.2, 0) is 16.1 Å². The van der Waals surface area contributed by atoms with E-state index >= 15 is 0 Å². The summed E-state index contributed by atoms with van der Waals surface area (Å²) in [5, 5.41) is 3.07.